The molecule has 0 aromatic carbocycles. The molecule has 2 nitrogen and oxygen atoms in total. The van der Waals surface area contributed by atoms with Crippen molar-refractivity contribution in [1.82, 2.24) is 5.32 Å². The second-order valence-electron chi connectivity index (χ2n) is 3.56. The number of nitrogens with one attached hydrogen (secondary N) is 1. The summed E-state index contributed by atoms with van der Waals surface area (Å²) >= 11 is 0. The van der Waals surface area contributed by atoms with Gasteiger partial charge in [-0.2, -0.15) is 0 Å². The van der Waals surface area contributed by atoms with Crippen LogP contribution in [0.1, 0.15) is 19.3 Å². The highest BCUT2D eigenvalue weighted by molar-refractivity contribution is 7.85. The quantitative estimate of drug-likeness (QED) is 0.626. The Kier molecular flexibility index (Phi) is 2.28. The van der Waals surface area contributed by atoms with Crippen molar-refractivity contribution in [3.8, 4) is 0 Å². The Morgan fingerprint density at radius 2 is 2.18 bits per heavy atom. The monoisotopic (exact) mass is 173 g/mol. The molecule has 3 heteroatoms. The van der Waals surface area contributed by atoms with Gasteiger partial charge < -0.3 is 5.32 Å². The molecule has 0 aromatic rings. The van der Waals surface area contributed by atoms with Crippen molar-refractivity contribution >= 4 is 10.8 Å². The Morgan fingerprint density at radius 3 is 2.91 bits per heavy atom. The summed E-state index contributed by atoms with van der Waals surface area (Å²) in [6, 6.07) is 0.582. The van der Waals surface area contributed by atoms with E-state index in [0.717, 1.165) is 30.4 Å². The van der Waals surface area contributed by atoms with Gasteiger partial charge in [0, 0.05) is 28.3 Å². The van der Waals surface area contributed by atoms with Crippen LogP contribution in [-0.2, 0) is 10.8 Å². The van der Waals surface area contributed by atoms with Gasteiger partial charge in [-0.3, -0.25) is 4.21 Å². The minimum Gasteiger partial charge on any atom is -0.313 e. The second kappa shape index (κ2) is 3.23. The maximum atomic E-state index is 11.3. The molecule has 0 spiro atoms. The van der Waals surface area contributed by atoms with E-state index in [1.807, 2.05) is 0 Å². The van der Waals surface area contributed by atoms with Crippen molar-refractivity contribution in [2.24, 2.45) is 5.92 Å². The van der Waals surface area contributed by atoms with E-state index in [2.05, 4.69) is 5.32 Å². The molecule has 64 valence electrons. The third-order valence-corrected chi connectivity index (χ3v) is 3.99. The first-order valence-electron chi connectivity index (χ1n) is 4.44. The number of rotatable bonds is 1. The Labute approximate surface area is 70.2 Å². The van der Waals surface area contributed by atoms with E-state index in [4.69, 9.17) is 0 Å². The fourth-order valence-electron chi connectivity index (χ4n) is 1.66. The molecule has 2 atom stereocenters. The lowest BCUT2D eigenvalue weighted by molar-refractivity contribution is 0.509. The molecule has 2 fully saturated rings. The zero-order chi connectivity index (χ0) is 7.68. The SMILES string of the molecule is O=S1CCCNC(C2CC2)C1. The molecule has 1 heterocycles. The highest BCUT2D eigenvalue weighted by Gasteiger charge is 2.32. The fraction of sp³-hybridized carbons (Fsp3) is 1.00. The molecule has 1 aliphatic carbocycles. The summed E-state index contributed by atoms with van der Waals surface area (Å²) in [5, 5.41) is 3.48. The molecule has 2 rings (SSSR count). The van der Waals surface area contributed by atoms with Crippen molar-refractivity contribution < 1.29 is 4.21 Å². The van der Waals surface area contributed by atoms with Crippen LogP contribution in [0.5, 0.6) is 0 Å². The van der Waals surface area contributed by atoms with Crippen LogP contribution >= 0.6 is 0 Å². The molecule has 2 unspecified atom stereocenters. The summed E-state index contributed by atoms with van der Waals surface area (Å²) in [6.07, 6.45) is 3.81. The highest BCUT2D eigenvalue weighted by atomic mass is 32.2. The summed E-state index contributed by atoms with van der Waals surface area (Å²) in [5.74, 6) is 2.68. The Bertz CT molecular complexity index is 167. The highest BCUT2D eigenvalue weighted by Crippen LogP contribution is 2.33. The van der Waals surface area contributed by atoms with Gasteiger partial charge in [0.25, 0.3) is 0 Å². The smallest absolute Gasteiger partial charge is 0.0391 e. The molecule has 1 saturated heterocycles. The predicted molar refractivity (Wildman–Crippen MR) is 47.0 cm³/mol. The zero-order valence-electron chi connectivity index (χ0n) is 6.71. The van der Waals surface area contributed by atoms with Crippen molar-refractivity contribution in [2.45, 2.75) is 25.3 Å². The molecule has 1 N–H and O–H groups in total. The van der Waals surface area contributed by atoms with E-state index >= 15 is 0 Å². The maximum Gasteiger partial charge on any atom is 0.0391 e. The molecular weight excluding hydrogens is 158 g/mol. The molecule has 0 radical (unpaired) electrons. The van der Waals surface area contributed by atoms with Crippen molar-refractivity contribution in [3.63, 3.8) is 0 Å². The predicted octanol–water partition coefficient (Wildman–Crippen LogP) is 0.507. The number of hydrogen-bond donors (Lipinski definition) is 1. The first-order valence-corrected chi connectivity index (χ1v) is 5.93. The van der Waals surface area contributed by atoms with E-state index in [0.29, 0.717) is 6.04 Å². The van der Waals surface area contributed by atoms with Crippen molar-refractivity contribution in [2.75, 3.05) is 18.1 Å². The van der Waals surface area contributed by atoms with Crippen LogP contribution in [0.25, 0.3) is 0 Å². The van der Waals surface area contributed by atoms with Crippen LogP contribution in [-0.4, -0.2) is 28.3 Å². The van der Waals surface area contributed by atoms with Crippen LogP contribution < -0.4 is 5.32 Å². The lowest BCUT2D eigenvalue weighted by atomic mass is 10.2. The summed E-state index contributed by atoms with van der Waals surface area (Å²) in [5.41, 5.74) is 0. The van der Waals surface area contributed by atoms with Gasteiger partial charge in [-0.15, -0.1) is 0 Å². The van der Waals surface area contributed by atoms with Crippen LogP contribution in [0, 0.1) is 5.92 Å². The lowest BCUT2D eigenvalue weighted by Gasteiger charge is -2.12. The molecule has 0 aromatic heterocycles. The second-order valence-corrected chi connectivity index (χ2v) is 5.18. The van der Waals surface area contributed by atoms with Gasteiger partial charge in [-0.05, 0) is 31.7 Å². The van der Waals surface area contributed by atoms with Crippen LogP contribution in [0.4, 0.5) is 0 Å². The normalized spacial score (nSPS) is 40.0. The first kappa shape index (κ1) is 7.74. The van der Waals surface area contributed by atoms with Crippen LogP contribution in [0.15, 0.2) is 0 Å². The minimum atomic E-state index is -0.531. The van der Waals surface area contributed by atoms with Crippen molar-refractivity contribution in [3.05, 3.63) is 0 Å². The van der Waals surface area contributed by atoms with Crippen molar-refractivity contribution in [1.29, 1.82) is 0 Å². The van der Waals surface area contributed by atoms with Crippen LogP contribution in [0.3, 0.4) is 0 Å². The molecule has 1 aliphatic heterocycles. The topological polar surface area (TPSA) is 29.1 Å². The zero-order valence-corrected chi connectivity index (χ0v) is 7.53. The minimum absolute atomic E-state index is 0.531. The van der Waals surface area contributed by atoms with Gasteiger partial charge in [0.05, 0.1) is 0 Å². The Balaban J connectivity index is 1.91. The molecule has 2 aliphatic rings. The van der Waals surface area contributed by atoms with E-state index in [1.165, 1.54) is 12.8 Å². The van der Waals surface area contributed by atoms with Gasteiger partial charge >= 0.3 is 0 Å². The average molecular weight is 173 g/mol. The van der Waals surface area contributed by atoms with E-state index < -0.39 is 10.8 Å². The summed E-state index contributed by atoms with van der Waals surface area (Å²) in [7, 11) is -0.531. The lowest BCUT2D eigenvalue weighted by Crippen LogP contribution is -2.34. The third-order valence-electron chi connectivity index (χ3n) is 2.51. The summed E-state index contributed by atoms with van der Waals surface area (Å²) in [4.78, 5) is 0. The summed E-state index contributed by atoms with van der Waals surface area (Å²) < 4.78 is 11.3. The standard InChI is InChI=1S/C8H15NOS/c10-11-5-1-4-9-8(6-11)7-2-3-7/h7-9H,1-6H2. The molecular formula is C8H15NOS. The van der Waals surface area contributed by atoms with Crippen LogP contribution in [0.2, 0.25) is 0 Å². The largest absolute Gasteiger partial charge is 0.313 e. The molecule has 1 saturated carbocycles. The van der Waals surface area contributed by atoms with Gasteiger partial charge in [0.1, 0.15) is 0 Å². The summed E-state index contributed by atoms with van der Waals surface area (Å²) in [6.45, 7) is 1.08. The Hall–Kier alpha value is 0.110. The third kappa shape index (κ3) is 2.03. The molecule has 0 bridgehead atoms. The molecule has 0 amide bonds. The van der Waals surface area contributed by atoms with Gasteiger partial charge in [-0.25, -0.2) is 0 Å². The Morgan fingerprint density at radius 1 is 1.36 bits per heavy atom. The van der Waals surface area contributed by atoms with Gasteiger partial charge in [-0.1, -0.05) is 0 Å². The number of hydrogen-bond acceptors (Lipinski definition) is 2. The van der Waals surface area contributed by atoms with E-state index in [9.17, 15) is 4.21 Å². The average Bonchev–Trinajstić information content (AvgIpc) is 2.71. The molecule has 11 heavy (non-hydrogen) atoms. The van der Waals surface area contributed by atoms with E-state index in [1.54, 1.807) is 0 Å². The van der Waals surface area contributed by atoms with Gasteiger partial charge in [0.15, 0.2) is 0 Å². The van der Waals surface area contributed by atoms with Gasteiger partial charge in [0.2, 0.25) is 0 Å². The maximum absolute atomic E-state index is 11.3. The fourth-order valence-corrected chi connectivity index (χ4v) is 3.09. The van der Waals surface area contributed by atoms with E-state index in [-0.39, 0.29) is 0 Å². The first-order chi connectivity index (χ1) is 5.36.